The van der Waals surface area contributed by atoms with Gasteiger partial charge >= 0.3 is 12.2 Å². The van der Waals surface area contributed by atoms with Crippen molar-refractivity contribution in [1.82, 2.24) is 21.3 Å². The van der Waals surface area contributed by atoms with Crippen LogP contribution in [0.2, 0.25) is 0 Å². The summed E-state index contributed by atoms with van der Waals surface area (Å²) in [4.78, 5) is 27.9. The molecule has 0 aromatic carbocycles. The first-order valence-electron chi connectivity index (χ1n) is 9.99. The average molecular weight is 402 g/mol. The molecule has 0 heterocycles. The fourth-order valence-corrected chi connectivity index (χ4v) is 2.29. The summed E-state index contributed by atoms with van der Waals surface area (Å²) >= 11 is 0. The summed E-state index contributed by atoms with van der Waals surface area (Å²) in [6.45, 7) is 15.7. The first kappa shape index (κ1) is 25.8. The number of alkyl carbamates (subject to hydrolysis) is 2. The second kappa shape index (κ2) is 13.9. The van der Waals surface area contributed by atoms with Gasteiger partial charge in [0, 0.05) is 19.6 Å². The Labute approximate surface area is 169 Å². The summed E-state index contributed by atoms with van der Waals surface area (Å²) in [6, 6.07) is -0.116. The molecule has 2 amide bonds. The number of amides is 2. The van der Waals surface area contributed by atoms with Crippen molar-refractivity contribution in [3.8, 4) is 0 Å². The summed E-state index contributed by atoms with van der Waals surface area (Å²) in [6.07, 6.45) is -0.0863. The molecule has 1 atom stereocenters. The molecule has 0 aromatic heterocycles. The van der Waals surface area contributed by atoms with Crippen molar-refractivity contribution in [1.29, 1.82) is 0 Å². The predicted molar refractivity (Wildman–Crippen MR) is 112 cm³/mol. The SMILES string of the molecule is CCNC(=NCC(CC(C)C)NC(=O)OCC)NCCNC(=O)OC(C)(C)C. The molecule has 9 nitrogen and oxygen atoms in total. The van der Waals surface area contributed by atoms with E-state index >= 15 is 0 Å². The lowest BCUT2D eigenvalue weighted by molar-refractivity contribution is 0.0528. The van der Waals surface area contributed by atoms with E-state index in [0.29, 0.717) is 44.7 Å². The molecule has 0 aliphatic rings. The maximum atomic E-state index is 11.7. The number of aliphatic imine (C=N–C) groups is 1. The van der Waals surface area contributed by atoms with Gasteiger partial charge in [0.2, 0.25) is 0 Å². The molecule has 0 bridgehead atoms. The van der Waals surface area contributed by atoms with Crippen LogP contribution in [0.5, 0.6) is 0 Å². The van der Waals surface area contributed by atoms with Crippen LogP contribution in [0.25, 0.3) is 0 Å². The molecule has 28 heavy (non-hydrogen) atoms. The Morgan fingerprint density at radius 1 is 1.00 bits per heavy atom. The Bertz CT molecular complexity index is 489. The smallest absolute Gasteiger partial charge is 0.407 e. The predicted octanol–water partition coefficient (Wildman–Crippen LogP) is 2.23. The Hall–Kier alpha value is -2.19. The second-order valence-corrected chi connectivity index (χ2v) is 7.77. The Kier molecular flexibility index (Phi) is 12.8. The van der Waals surface area contributed by atoms with Crippen molar-refractivity contribution in [3.63, 3.8) is 0 Å². The van der Waals surface area contributed by atoms with E-state index < -0.39 is 17.8 Å². The second-order valence-electron chi connectivity index (χ2n) is 7.77. The van der Waals surface area contributed by atoms with E-state index in [-0.39, 0.29) is 6.04 Å². The molecule has 4 N–H and O–H groups in total. The number of hydrogen-bond acceptors (Lipinski definition) is 5. The van der Waals surface area contributed by atoms with Crippen LogP contribution in [0.15, 0.2) is 4.99 Å². The van der Waals surface area contributed by atoms with Gasteiger partial charge in [0.05, 0.1) is 19.2 Å². The molecule has 1 unspecified atom stereocenters. The van der Waals surface area contributed by atoms with Crippen molar-refractivity contribution in [2.24, 2.45) is 10.9 Å². The third-order valence-corrected chi connectivity index (χ3v) is 3.25. The van der Waals surface area contributed by atoms with Gasteiger partial charge < -0.3 is 30.7 Å². The topological polar surface area (TPSA) is 113 Å². The molecule has 0 fully saturated rings. The molecule has 0 saturated heterocycles. The van der Waals surface area contributed by atoms with Crippen molar-refractivity contribution >= 4 is 18.1 Å². The summed E-state index contributed by atoms with van der Waals surface area (Å²) in [5, 5.41) is 11.8. The van der Waals surface area contributed by atoms with Crippen molar-refractivity contribution in [2.75, 3.05) is 32.8 Å². The highest BCUT2D eigenvalue weighted by Gasteiger charge is 2.16. The molecule has 164 valence electrons. The van der Waals surface area contributed by atoms with Gasteiger partial charge in [-0.15, -0.1) is 0 Å². The fraction of sp³-hybridized carbons (Fsp3) is 0.842. The van der Waals surface area contributed by atoms with Crippen LogP contribution in [-0.2, 0) is 9.47 Å². The molecule has 0 rings (SSSR count). The molecule has 0 radical (unpaired) electrons. The van der Waals surface area contributed by atoms with E-state index in [0.717, 1.165) is 6.42 Å². The Morgan fingerprint density at radius 3 is 2.18 bits per heavy atom. The van der Waals surface area contributed by atoms with E-state index in [1.54, 1.807) is 6.92 Å². The van der Waals surface area contributed by atoms with E-state index in [2.05, 4.69) is 40.1 Å². The van der Waals surface area contributed by atoms with Gasteiger partial charge in [-0.05, 0) is 47.0 Å². The van der Waals surface area contributed by atoms with E-state index in [4.69, 9.17) is 9.47 Å². The maximum Gasteiger partial charge on any atom is 0.407 e. The van der Waals surface area contributed by atoms with E-state index in [9.17, 15) is 9.59 Å². The first-order chi connectivity index (χ1) is 13.1. The van der Waals surface area contributed by atoms with E-state index in [1.165, 1.54) is 0 Å². The Balaban J connectivity index is 4.56. The van der Waals surface area contributed by atoms with Gasteiger partial charge in [0.1, 0.15) is 5.60 Å². The fourth-order valence-electron chi connectivity index (χ4n) is 2.29. The van der Waals surface area contributed by atoms with Crippen molar-refractivity contribution in [2.45, 2.75) is 66.5 Å². The van der Waals surface area contributed by atoms with Gasteiger partial charge in [-0.1, -0.05) is 13.8 Å². The third-order valence-electron chi connectivity index (χ3n) is 3.25. The average Bonchev–Trinajstić information content (AvgIpc) is 2.54. The summed E-state index contributed by atoms with van der Waals surface area (Å²) in [7, 11) is 0. The maximum absolute atomic E-state index is 11.7. The highest BCUT2D eigenvalue weighted by Crippen LogP contribution is 2.06. The molecule has 0 aliphatic heterocycles. The lowest BCUT2D eigenvalue weighted by atomic mass is 10.0. The molecule has 0 aliphatic carbocycles. The number of carbonyl (C=O) groups is 2. The number of nitrogens with one attached hydrogen (secondary N) is 4. The molecule has 0 saturated carbocycles. The number of carbonyl (C=O) groups excluding carboxylic acids is 2. The molecular formula is C19H39N5O4. The highest BCUT2D eigenvalue weighted by molar-refractivity contribution is 5.79. The Morgan fingerprint density at radius 2 is 1.64 bits per heavy atom. The lowest BCUT2D eigenvalue weighted by Crippen LogP contribution is -2.44. The van der Waals surface area contributed by atoms with Crippen LogP contribution in [0.4, 0.5) is 9.59 Å². The summed E-state index contributed by atoms with van der Waals surface area (Å²) < 4.78 is 10.2. The normalized spacial score (nSPS) is 12.9. The van der Waals surface area contributed by atoms with Gasteiger partial charge in [0.15, 0.2) is 5.96 Å². The third kappa shape index (κ3) is 14.9. The van der Waals surface area contributed by atoms with Crippen LogP contribution in [0, 0.1) is 5.92 Å². The number of nitrogens with zero attached hydrogens (tertiary/aromatic N) is 1. The van der Waals surface area contributed by atoms with Crippen molar-refractivity contribution in [3.05, 3.63) is 0 Å². The minimum absolute atomic E-state index is 0.116. The highest BCUT2D eigenvalue weighted by atomic mass is 16.6. The van der Waals surface area contributed by atoms with Crippen LogP contribution in [-0.4, -0.2) is 62.6 Å². The van der Waals surface area contributed by atoms with Gasteiger partial charge in [-0.3, -0.25) is 4.99 Å². The zero-order valence-electron chi connectivity index (χ0n) is 18.5. The number of hydrogen-bond donors (Lipinski definition) is 4. The van der Waals surface area contributed by atoms with Gasteiger partial charge in [-0.2, -0.15) is 0 Å². The number of ether oxygens (including phenoxy) is 2. The van der Waals surface area contributed by atoms with E-state index in [1.807, 2.05) is 27.7 Å². The monoisotopic (exact) mass is 401 g/mol. The van der Waals surface area contributed by atoms with Crippen LogP contribution < -0.4 is 21.3 Å². The summed E-state index contributed by atoms with van der Waals surface area (Å²) in [5.74, 6) is 1.03. The van der Waals surface area contributed by atoms with Crippen LogP contribution in [0.3, 0.4) is 0 Å². The van der Waals surface area contributed by atoms with Gasteiger partial charge in [0.25, 0.3) is 0 Å². The quantitative estimate of drug-likeness (QED) is 0.254. The van der Waals surface area contributed by atoms with Crippen LogP contribution >= 0.6 is 0 Å². The molecular weight excluding hydrogens is 362 g/mol. The number of rotatable bonds is 10. The largest absolute Gasteiger partial charge is 0.450 e. The first-order valence-corrected chi connectivity index (χ1v) is 9.99. The molecule has 0 aromatic rings. The lowest BCUT2D eigenvalue weighted by Gasteiger charge is -2.20. The molecule has 9 heteroatoms. The number of guanidine groups is 1. The summed E-state index contributed by atoms with van der Waals surface area (Å²) in [5.41, 5.74) is -0.523. The van der Waals surface area contributed by atoms with Crippen molar-refractivity contribution < 1.29 is 19.1 Å². The van der Waals surface area contributed by atoms with Gasteiger partial charge in [-0.25, -0.2) is 9.59 Å². The van der Waals surface area contributed by atoms with Crippen LogP contribution in [0.1, 0.15) is 54.9 Å². The molecule has 0 spiro atoms. The minimum Gasteiger partial charge on any atom is -0.450 e. The minimum atomic E-state index is -0.523. The zero-order valence-corrected chi connectivity index (χ0v) is 18.5. The zero-order chi connectivity index (χ0) is 21.6. The standard InChI is InChI=1S/C19H39N5O4/c1-8-20-16(21-10-11-22-17(25)28-19(5,6)7)23-13-15(12-14(3)4)24-18(26)27-9-2/h14-15H,8-13H2,1-7H3,(H,22,25)(H,24,26)(H2,20,21,23).